The quantitative estimate of drug-likeness (QED) is 0.581. The Hall–Kier alpha value is -1.61. The molecule has 0 rings (SSSR count). The van der Waals surface area contributed by atoms with E-state index < -0.39 is 0 Å². The Labute approximate surface area is 108 Å². The number of esters is 1. The largest absolute Gasteiger partial charge is 0.468 e. The Kier molecular flexibility index (Phi) is 8.58. The second-order valence-corrected chi connectivity index (χ2v) is 4.01. The van der Waals surface area contributed by atoms with E-state index in [0.717, 1.165) is 6.42 Å². The summed E-state index contributed by atoms with van der Waals surface area (Å²) >= 11 is 0. The van der Waals surface area contributed by atoms with Gasteiger partial charge in [0.05, 0.1) is 32.7 Å². The molecular formula is C12H21N3O3. The van der Waals surface area contributed by atoms with Crippen LogP contribution < -0.4 is 0 Å². The molecule has 0 unspecified atom stereocenters. The Balaban J connectivity index is 4.26. The van der Waals surface area contributed by atoms with E-state index in [1.807, 2.05) is 13.0 Å². The molecule has 1 amide bonds. The highest BCUT2D eigenvalue weighted by Gasteiger charge is 2.16. The smallest absolute Gasteiger partial charge is 0.319 e. The minimum absolute atomic E-state index is 0.0948. The molecule has 0 spiro atoms. The molecule has 0 bridgehead atoms. The number of rotatable bonds is 8. The van der Waals surface area contributed by atoms with Crippen molar-refractivity contribution < 1.29 is 14.3 Å². The van der Waals surface area contributed by atoms with Crippen molar-refractivity contribution in [3.63, 3.8) is 0 Å². The average Bonchev–Trinajstić information content (AvgIpc) is 2.35. The summed E-state index contributed by atoms with van der Waals surface area (Å²) in [5.41, 5.74) is 0. The normalized spacial score (nSPS) is 9.94. The van der Waals surface area contributed by atoms with Crippen molar-refractivity contribution in [1.29, 1.82) is 5.26 Å². The highest BCUT2D eigenvalue weighted by atomic mass is 16.5. The molecule has 0 heterocycles. The van der Waals surface area contributed by atoms with Gasteiger partial charge < -0.3 is 9.64 Å². The fourth-order valence-electron chi connectivity index (χ4n) is 1.43. The fraction of sp³-hybridized carbons (Fsp3) is 0.750. The highest BCUT2D eigenvalue weighted by Crippen LogP contribution is 1.96. The van der Waals surface area contributed by atoms with Gasteiger partial charge >= 0.3 is 5.97 Å². The number of ether oxygens (including phenoxy) is 1. The van der Waals surface area contributed by atoms with Crippen LogP contribution in [0.1, 0.15) is 19.8 Å². The molecule has 0 aromatic rings. The zero-order valence-electron chi connectivity index (χ0n) is 11.3. The number of carbonyl (C=O) groups is 2. The summed E-state index contributed by atoms with van der Waals surface area (Å²) in [4.78, 5) is 26.3. The van der Waals surface area contributed by atoms with Gasteiger partial charge in [-0.3, -0.25) is 14.5 Å². The number of likely N-dealkylation sites (N-methyl/N-ethyl adjacent to an activating group) is 1. The molecule has 0 saturated heterocycles. The molecule has 0 N–H and O–H groups in total. The number of hydrogen-bond acceptors (Lipinski definition) is 5. The van der Waals surface area contributed by atoms with Crippen LogP contribution in [0.3, 0.4) is 0 Å². The number of carbonyl (C=O) groups excluding carboxylic acids is 2. The van der Waals surface area contributed by atoms with Gasteiger partial charge in [0.25, 0.3) is 0 Å². The van der Waals surface area contributed by atoms with Crippen molar-refractivity contribution in [2.45, 2.75) is 19.8 Å². The first kappa shape index (κ1) is 16.4. The Bertz CT molecular complexity index is 312. The number of nitrogens with zero attached hydrogens (tertiary/aromatic N) is 3. The van der Waals surface area contributed by atoms with Gasteiger partial charge in [-0.15, -0.1) is 0 Å². The second kappa shape index (κ2) is 9.42. The first-order valence-electron chi connectivity index (χ1n) is 5.95. The van der Waals surface area contributed by atoms with Crippen molar-refractivity contribution in [3.8, 4) is 6.07 Å². The Morgan fingerprint density at radius 1 is 1.28 bits per heavy atom. The SMILES string of the molecule is CCCN(CC(=O)OC)CC(=O)N(C)CCC#N. The van der Waals surface area contributed by atoms with Crippen LogP contribution in [0.4, 0.5) is 0 Å². The van der Waals surface area contributed by atoms with Gasteiger partial charge in [0.2, 0.25) is 5.91 Å². The topological polar surface area (TPSA) is 73.6 Å². The first-order chi connectivity index (χ1) is 8.54. The fourth-order valence-corrected chi connectivity index (χ4v) is 1.43. The van der Waals surface area contributed by atoms with E-state index in [9.17, 15) is 9.59 Å². The Morgan fingerprint density at radius 3 is 2.44 bits per heavy atom. The summed E-state index contributed by atoms with van der Waals surface area (Å²) in [7, 11) is 2.98. The van der Waals surface area contributed by atoms with Gasteiger partial charge in [-0.05, 0) is 13.0 Å². The highest BCUT2D eigenvalue weighted by molar-refractivity contribution is 5.79. The minimum Gasteiger partial charge on any atom is -0.468 e. The van der Waals surface area contributed by atoms with Crippen LogP contribution >= 0.6 is 0 Å². The van der Waals surface area contributed by atoms with Gasteiger partial charge in [-0.1, -0.05) is 6.92 Å². The van der Waals surface area contributed by atoms with E-state index in [1.54, 1.807) is 11.9 Å². The summed E-state index contributed by atoms with van der Waals surface area (Å²) in [5, 5.41) is 8.45. The molecule has 102 valence electrons. The standard InChI is InChI=1S/C12H21N3O3/c1-4-7-15(10-12(17)18-3)9-11(16)14(2)8-5-6-13/h4-5,7-10H2,1-3H3. The van der Waals surface area contributed by atoms with Crippen molar-refractivity contribution >= 4 is 11.9 Å². The zero-order chi connectivity index (χ0) is 14.0. The van der Waals surface area contributed by atoms with Crippen LogP contribution in [0.2, 0.25) is 0 Å². The van der Waals surface area contributed by atoms with Gasteiger partial charge in [-0.25, -0.2) is 0 Å². The molecule has 0 aliphatic rings. The lowest BCUT2D eigenvalue weighted by molar-refractivity contribution is -0.142. The molecule has 0 atom stereocenters. The van der Waals surface area contributed by atoms with E-state index in [1.165, 1.54) is 12.0 Å². The lowest BCUT2D eigenvalue weighted by Crippen LogP contribution is -2.41. The van der Waals surface area contributed by atoms with Crippen LogP contribution in [0, 0.1) is 11.3 Å². The molecule has 6 heteroatoms. The van der Waals surface area contributed by atoms with E-state index in [4.69, 9.17) is 5.26 Å². The van der Waals surface area contributed by atoms with Gasteiger partial charge in [0, 0.05) is 13.6 Å². The van der Waals surface area contributed by atoms with Gasteiger partial charge in [0.1, 0.15) is 0 Å². The maximum Gasteiger partial charge on any atom is 0.319 e. The molecular weight excluding hydrogens is 234 g/mol. The van der Waals surface area contributed by atoms with Gasteiger partial charge in [-0.2, -0.15) is 5.26 Å². The molecule has 0 aromatic heterocycles. The Morgan fingerprint density at radius 2 is 1.94 bits per heavy atom. The number of hydrogen-bond donors (Lipinski definition) is 0. The van der Waals surface area contributed by atoms with Gasteiger partial charge in [0.15, 0.2) is 0 Å². The zero-order valence-corrected chi connectivity index (χ0v) is 11.3. The summed E-state index contributed by atoms with van der Waals surface area (Å²) < 4.78 is 4.59. The van der Waals surface area contributed by atoms with Crippen molar-refractivity contribution in [3.05, 3.63) is 0 Å². The van der Waals surface area contributed by atoms with Crippen LogP contribution in [-0.4, -0.2) is 62.0 Å². The van der Waals surface area contributed by atoms with Crippen molar-refractivity contribution in [1.82, 2.24) is 9.80 Å². The summed E-state index contributed by atoms with van der Waals surface area (Å²) in [6.07, 6.45) is 1.17. The maximum atomic E-state index is 11.8. The molecule has 6 nitrogen and oxygen atoms in total. The van der Waals surface area contributed by atoms with Crippen LogP contribution in [0.25, 0.3) is 0 Å². The maximum absolute atomic E-state index is 11.8. The predicted molar refractivity (Wildman–Crippen MR) is 66.6 cm³/mol. The summed E-state index contributed by atoms with van der Waals surface area (Å²) in [6.45, 7) is 3.33. The molecule has 0 aromatic carbocycles. The first-order valence-corrected chi connectivity index (χ1v) is 5.95. The second-order valence-electron chi connectivity index (χ2n) is 4.01. The third-order valence-corrected chi connectivity index (χ3v) is 2.46. The van der Waals surface area contributed by atoms with E-state index >= 15 is 0 Å². The molecule has 0 aliphatic heterocycles. The average molecular weight is 255 g/mol. The van der Waals surface area contributed by atoms with Crippen molar-refractivity contribution in [2.75, 3.05) is 40.3 Å². The number of nitriles is 1. The third kappa shape index (κ3) is 6.86. The number of amides is 1. The third-order valence-electron chi connectivity index (χ3n) is 2.46. The molecule has 18 heavy (non-hydrogen) atoms. The predicted octanol–water partition coefficient (Wildman–Crippen LogP) is 0.243. The van der Waals surface area contributed by atoms with Crippen molar-refractivity contribution in [2.24, 2.45) is 0 Å². The summed E-state index contributed by atoms with van der Waals surface area (Å²) in [6, 6.07) is 1.99. The lowest BCUT2D eigenvalue weighted by atomic mass is 10.3. The molecule has 0 saturated carbocycles. The monoisotopic (exact) mass is 255 g/mol. The van der Waals surface area contributed by atoms with Crippen LogP contribution in [0.5, 0.6) is 0 Å². The lowest BCUT2D eigenvalue weighted by Gasteiger charge is -2.23. The van der Waals surface area contributed by atoms with E-state index in [-0.39, 0.29) is 25.0 Å². The molecule has 0 radical (unpaired) electrons. The van der Waals surface area contributed by atoms with E-state index in [2.05, 4.69) is 4.74 Å². The number of methoxy groups -OCH3 is 1. The molecule has 0 aliphatic carbocycles. The summed E-state index contributed by atoms with van der Waals surface area (Å²) in [5.74, 6) is -0.446. The van der Waals surface area contributed by atoms with Crippen LogP contribution in [0.15, 0.2) is 0 Å². The minimum atomic E-state index is -0.351. The van der Waals surface area contributed by atoms with E-state index in [0.29, 0.717) is 19.5 Å². The van der Waals surface area contributed by atoms with Crippen LogP contribution in [-0.2, 0) is 14.3 Å². The molecule has 0 fully saturated rings.